The summed E-state index contributed by atoms with van der Waals surface area (Å²) in [6, 6.07) is 14.3. The Labute approximate surface area is 153 Å². The molecule has 0 saturated carbocycles. The van der Waals surface area contributed by atoms with Gasteiger partial charge in [0, 0.05) is 30.7 Å². The van der Waals surface area contributed by atoms with Gasteiger partial charge in [0.1, 0.15) is 12.4 Å². The van der Waals surface area contributed by atoms with Gasteiger partial charge in [-0.15, -0.1) is 0 Å². The summed E-state index contributed by atoms with van der Waals surface area (Å²) in [5.41, 5.74) is 4.63. The number of amides is 1. The molecule has 2 heterocycles. The van der Waals surface area contributed by atoms with E-state index in [1.54, 1.807) is 7.11 Å². The van der Waals surface area contributed by atoms with E-state index in [4.69, 9.17) is 9.47 Å². The van der Waals surface area contributed by atoms with Crippen molar-refractivity contribution in [2.45, 2.75) is 31.9 Å². The Morgan fingerprint density at radius 1 is 1.27 bits per heavy atom. The van der Waals surface area contributed by atoms with Gasteiger partial charge >= 0.3 is 6.09 Å². The minimum absolute atomic E-state index is 0.236. The van der Waals surface area contributed by atoms with E-state index in [1.165, 1.54) is 16.8 Å². The zero-order valence-corrected chi connectivity index (χ0v) is 15.2. The number of aryl methyl sites for hydroxylation is 1. The van der Waals surface area contributed by atoms with Gasteiger partial charge in [-0.25, -0.2) is 4.79 Å². The molecule has 2 aromatic rings. The van der Waals surface area contributed by atoms with E-state index in [2.05, 4.69) is 24.4 Å². The van der Waals surface area contributed by atoms with E-state index in [0.29, 0.717) is 25.7 Å². The maximum absolute atomic E-state index is 12.5. The lowest BCUT2D eigenvalue weighted by molar-refractivity contribution is 0.0850. The highest BCUT2D eigenvalue weighted by Gasteiger charge is 2.39. The molecule has 0 unspecified atom stereocenters. The Balaban J connectivity index is 1.46. The highest BCUT2D eigenvalue weighted by molar-refractivity contribution is 5.70. The lowest BCUT2D eigenvalue weighted by Gasteiger charge is -2.34. The quantitative estimate of drug-likeness (QED) is 0.909. The molecular weight excluding hydrogens is 328 g/mol. The van der Waals surface area contributed by atoms with Gasteiger partial charge in [0.15, 0.2) is 0 Å². The van der Waals surface area contributed by atoms with Crippen LogP contribution >= 0.6 is 0 Å². The van der Waals surface area contributed by atoms with Crippen molar-refractivity contribution in [3.63, 3.8) is 0 Å². The Morgan fingerprint density at radius 3 is 2.85 bits per heavy atom. The second-order valence-electron chi connectivity index (χ2n) is 7.04. The van der Waals surface area contributed by atoms with E-state index < -0.39 is 0 Å². The molecule has 136 valence electrons. The average Bonchev–Trinajstić information content (AvgIpc) is 3.05. The highest BCUT2D eigenvalue weighted by atomic mass is 16.6. The van der Waals surface area contributed by atoms with E-state index in [1.807, 2.05) is 35.2 Å². The summed E-state index contributed by atoms with van der Waals surface area (Å²) in [4.78, 5) is 14.3. The number of piperidine rings is 1. The summed E-state index contributed by atoms with van der Waals surface area (Å²) in [6.45, 7) is 3.79. The Morgan fingerprint density at radius 2 is 2.08 bits per heavy atom. The number of carbonyl (C=O) groups excluding carboxylic acids is 1. The van der Waals surface area contributed by atoms with E-state index in [0.717, 1.165) is 17.7 Å². The fourth-order valence-corrected chi connectivity index (χ4v) is 3.99. The van der Waals surface area contributed by atoms with Gasteiger partial charge in [-0.1, -0.05) is 30.3 Å². The van der Waals surface area contributed by atoms with Crippen molar-refractivity contribution in [3.8, 4) is 5.75 Å². The summed E-state index contributed by atoms with van der Waals surface area (Å²) in [5, 5.41) is 3.64. The molecular formula is C21H24N2O3. The predicted octanol–water partition coefficient (Wildman–Crippen LogP) is 3.92. The molecule has 0 aromatic heterocycles. The zero-order valence-electron chi connectivity index (χ0n) is 15.2. The number of hydrogen-bond donors (Lipinski definition) is 1. The molecule has 5 nitrogen and oxygen atoms in total. The maximum Gasteiger partial charge on any atom is 0.410 e. The number of methoxy groups -OCH3 is 1. The lowest BCUT2D eigenvalue weighted by atomic mass is 9.89. The number of rotatable bonds is 3. The van der Waals surface area contributed by atoms with Crippen LogP contribution in [0.25, 0.3) is 0 Å². The summed E-state index contributed by atoms with van der Waals surface area (Å²) < 4.78 is 10.9. The van der Waals surface area contributed by atoms with Crippen molar-refractivity contribution < 1.29 is 14.3 Å². The number of ether oxygens (including phenoxy) is 2. The van der Waals surface area contributed by atoms with Gasteiger partial charge in [-0.3, -0.25) is 0 Å². The zero-order chi connectivity index (χ0) is 18.1. The number of anilines is 1. The van der Waals surface area contributed by atoms with Crippen LogP contribution in [0.15, 0.2) is 42.5 Å². The largest absolute Gasteiger partial charge is 0.497 e. The van der Waals surface area contributed by atoms with Crippen molar-refractivity contribution in [1.82, 2.24) is 4.90 Å². The first-order valence-electron chi connectivity index (χ1n) is 9.06. The fraction of sp³-hybridized carbons (Fsp3) is 0.381. The first kappa shape index (κ1) is 16.8. The van der Waals surface area contributed by atoms with Crippen LogP contribution in [0, 0.1) is 6.92 Å². The molecule has 2 atom stereocenters. The Bertz CT molecular complexity index is 806. The first-order valence-corrected chi connectivity index (χ1v) is 9.06. The van der Waals surface area contributed by atoms with Crippen LogP contribution < -0.4 is 10.1 Å². The fourth-order valence-electron chi connectivity index (χ4n) is 3.99. The second kappa shape index (κ2) is 6.90. The van der Waals surface area contributed by atoms with Crippen LogP contribution in [-0.4, -0.2) is 37.2 Å². The van der Waals surface area contributed by atoms with Crippen LogP contribution in [0.2, 0.25) is 0 Å². The molecule has 4 rings (SSSR count). The van der Waals surface area contributed by atoms with Gasteiger partial charge in [0.25, 0.3) is 0 Å². The third kappa shape index (κ3) is 3.09. The normalized spacial score (nSPS) is 20.8. The molecule has 1 fully saturated rings. The number of carbonyl (C=O) groups is 1. The predicted molar refractivity (Wildman–Crippen MR) is 101 cm³/mol. The van der Waals surface area contributed by atoms with Crippen LogP contribution in [0.4, 0.5) is 10.5 Å². The molecule has 2 aromatic carbocycles. The summed E-state index contributed by atoms with van der Waals surface area (Å²) in [7, 11) is 1.69. The summed E-state index contributed by atoms with van der Waals surface area (Å²) in [6.07, 6.45) is 0.682. The van der Waals surface area contributed by atoms with Crippen LogP contribution in [0.1, 0.15) is 29.0 Å². The number of nitrogens with zero attached hydrogens (tertiary/aromatic N) is 1. The smallest absolute Gasteiger partial charge is 0.410 e. The molecule has 2 aliphatic rings. The lowest BCUT2D eigenvalue weighted by Crippen LogP contribution is -2.45. The molecule has 2 aliphatic heterocycles. The molecule has 0 radical (unpaired) electrons. The molecule has 1 N–H and O–H groups in total. The molecule has 0 spiro atoms. The highest BCUT2D eigenvalue weighted by Crippen LogP contribution is 2.43. The van der Waals surface area contributed by atoms with Crippen molar-refractivity contribution >= 4 is 11.8 Å². The van der Waals surface area contributed by atoms with Crippen molar-refractivity contribution in [2.24, 2.45) is 0 Å². The van der Waals surface area contributed by atoms with Crippen LogP contribution in [0.5, 0.6) is 5.75 Å². The minimum Gasteiger partial charge on any atom is -0.497 e. The molecule has 5 heteroatoms. The maximum atomic E-state index is 12.5. The van der Waals surface area contributed by atoms with Crippen molar-refractivity contribution in [2.75, 3.05) is 25.5 Å². The molecule has 1 amide bonds. The van der Waals surface area contributed by atoms with Crippen LogP contribution in [-0.2, 0) is 11.3 Å². The third-order valence-corrected chi connectivity index (χ3v) is 5.38. The van der Waals surface area contributed by atoms with E-state index in [9.17, 15) is 4.79 Å². The van der Waals surface area contributed by atoms with Gasteiger partial charge in [-0.05, 0) is 42.2 Å². The monoisotopic (exact) mass is 352 g/mol. The average molecular weight is 352 g/mol. The minimum atomic E-state index is -0.236. The number of likely N-dealkylation sites (tertiary alicyclic amines) is 1. The van der Waals surface area contributed by atoms with Crippen molar-refractivity contribution in [3.05, 3.63) is 59.2 Å². The van der Waals surface area contributed by atoms with Gasteiger partial charge < -0.3 is 19.7 Å². The number of benzene rings is 2. The van der Waals surface area contributed by atoms with Crippen LogP contribution in [0.3, 0.4) is 0 Å². The van der Waals surface area contributed by atoms with E-state index in [-0.39, 0.29) is 12.0 Å². The van der Waals surface area contributed by atoms with Gasteiger partial charge in [0.2, 0.25) is 0 Å². The SMILES string of the molecule is COc1cc(C)c2c(c1)[C@@H]1CN(C(=O)OCc3ccccc3)CC[C@@H]1N2. The van der Waals surface area contributed by atoms with Crippen molar-refractivity contribution in [1.29, 1.82) is 0 Å². The third-order valence-electron chi connectivity index (χ3n) is 5.38. The summed E-state index contributed by atoms with van der Waals surface area (Å²) in [5.74, 6) is 1.14. The second-order valence-corrected chi connectivity index (χ2v) is 7.04. The standard InChI is InChI=1S/C21H24N2O3/c1-14-10-16(25-2)11-17-18-12-23(9-8-19(18)22-20(14)17)21(24)26-13-15-6-4-3-5-7-15/h3-7,10-11,18-19,22H,8-9,12-13H2,1-2H3/t18-,19-/m0/s1. The topological polar surface area (TPSA) is 50.8 Å². The molecule has 0 aliphatic carbocycles. The Kier molecular flexibility index (Phi) is 4.45. The molecule has 26 heavy (non-hydrogen) atoms. The van der Waals surface area contributed by atoms with Gasteiger partial charge in [0.05, 0.1) is 7.11 Å². The molecule has 1 saturated heterocycles. The number of fused-ring (bicyclic) bond motifs is 3. The summed E-state index contributed by atoms with van der Waals surface area (Å²) >= 11 is 0. The van der Waals surface area contributed by atoms with E-state index >= 15 is 0 Å². The number of nitrogens with one attached hydrogen (secondary N) is 1. The first-order chi connectivity index (χ1) is 12.7. The molecule has 0 bridgehead atoms. The Hall–Kier alpha value is -2.69. The number of hydrogen-bond acceptors (Lipinski definition) is 4. The van der Waals surface area contributed by atoms with Gasteiger partial charge in [-0.2, -0.15) is 0 Å².